The highest BCUT2D eigenvalue weighted by atomic mass is 127. The third kappa shape index (κ3) is 5.56. The lowest BCUT2D eigenvalue weighted by molar-refractivity contribution is 0.105. The fourth-order valence-corrected chi connectivity index (χ4v) is 9.23. The number of para-hydroxylation sites is 4. The molecule has 2 atom stereocenters. The van der Waals surface area contributed by atoms with Crippen molar-refractivity contribution in [3.63, 3.8) is 0 Å². The molecular weight excluding hydrogens is 785 g/mol. The van der Waals surface area contributed by atoms with Gasteiger partial charge in [-0.15, -0.1) is 0 Å². The van der Waals surface area contributed by atoms with Crippen LogP contribution in [0, 0.1) is 0 Å². The van der Waals surface area contributed by atoms with E-state index in [2.05, 4.69) is 231 Å². The lowest BCUT2D eigenvalue weighted by atomic mass is 9.92. The second kappa shape index (κ2) is 13.4. The highest BCUT2D eigenvalue weighted by Gasteiger charge is 2.41. The van der Waals surface area contributed by atoms with Crippen molar-refractivity contribution in [2.75, 3.05) is 9.80 Å². The fourth-order valence-electron chi connectivity index (χ4n) is 8.51. The number of fused-ring (bicyclic) bond motifs is 7. The van der Waals surface area contributed by atoms with Crippen molar-refractivity contribution < 1.29 is 4.74 Å². The minimum absolute atomic E-state index is 0.0437. The molecule has 1 aliphatic heterocycles. The van der Waals surface area contributed by atoms with Crippen LogP contribution in [0.3, 0.4) is 0 Å². The molecule has 1 aromatic heterocycles. The number of anilines is 5. The van der Waals surface area contributed by atoms with Crippen molar-refractivity contribution in [2.24, 2.45) is 0 Å². The molecule has 0 spiro atoms. The minimum Gasteiger partial charge on any atom is -0.479 e. The maximum absolute atomic E-state index is 6.63. The molecule has 0 N–H and O–H groups in total. The zero-order valence-electron chi connectivity index (χ0n) is 30.6. The number of ether oxygens (including phenoxy) is 1. The summed E-state index contributed by atoms with van der Waals surface area (Å²) in [6.07, 6.45) is 2.16. The number of aromatic nitrogens is 1. The molecule has 0 bridgehead atoms. The van der Waals surface area contributed by atoms with Gasteiger partial charge < -0.3 is 19.1 Å². The molecule has 0 amide bonds. The molecule has 0 aliphatic carbocycles. The summed E-state index contributed by atoms with van der Waals surface area (Å²) in [5, 5.41) is 7.43. The Morgan fingerprint density at radius 1 is 0.564 bits per heavy atom. The van der Waals surface area contributed by atoms with Crippen molar-refractivity contribution in [2.45, 2.75) is 25.5 Å². The van der Waals surface area contributed by atoms with Crippen molar-refractivity contribution >= 4 is 94.4 Å². The van der Waals surface area contributed by atoms with E-state index in [0.29, 0.717) is 0 Å². The van der Waals surface area contributed by atoms with E-state index < -0.39 is 5.60 Å². The molecular formula is C50H38IN3O. The van der Waals surface area contributed by atoms with Crippen molar-refractivity contribution in [3.8, 4) is 11.4 Å². The van der Waals surface area contributed by atoms with Crippen LogP contribution in [0.4, 0.5) is 28.4 Å². The van der Waals surface area contributed by atoms with Crippen molar-refractivity contribution in [1.29, 1.82) is 0 Å². The normalized spacial score (nSPS) is 16.9. The first-order chi connectivity index (χ1) is 27.0. The summed E-state index contributed by atoms with van der Waals surface area (Å²) in [6.45, 7) is 4.42. The van der Waals surface area contributed by atoms with Crippen LogP contribution in [0.25, 0.3) is 49.0 Å². The first-order valence-electron chi connectivity index (χ1n) is 18.8. The standard InChI is InChI=1S/C50H38IN3O/c1-34-50(2,29-30-51)55-49-22-11-10-21-48(49)52(34)38-16-12-17-39(32-38)54-46-20-9-8-19-44(46)45-33-41(26-28-47(45)54)53(37-14-4-3-5-15-37)40-25-27-43-36(31-40)24-23-35-13-6-7-18-42(35)43/h3-34H,1-2H3/b30-29-. The lowest BCUT2D eigenvalue weighted by Gasteiger charge is -2.47. The van der Waals surface area contributed by atoms with Gasteiger partial charge in [0.05, 0.1) is 22.8 Å². The monoisotopic (exact) mass is 823 g/mol. The molecule has 1 aliphatic rings. The van der Waals surface area contributed by atoms with Crippen LogP contribution in [0.15, 0.2) is 186 Å². The van der Waals surface area contributed by atoms with E-state index in [1.165, 1.54) is 37.8 Å². The Morgan fingerprint density at radius 2 is 1.24 bits per heavy atom. The highest BCUT2D eigenvalue weighted by molar-refractivity contribution is 14.1. The molecule has 2 heterocycles. The highest BCUT2D eigenvalue weighted by Crippen LogP contribution is 2.46. The molecule has 2 unspecified atom stereocenters. The van der Waals surface area contributed by atoms with Crippen LogP contribution in [-0.4, -0.2) is 16.2 Å². The third-order valence-electron chi connectivity index (χ3n) is 11.3. The Labute approximate surface area is 334 Å². The van der Waals surface area contributed by atoms with Gasteiger partial charge in [0.2, 0.25) is 0 Å². The van der Waals surface area contributed by atoms with Crippen LogP contribution >= 0.6 is 22.6 Å². The summed E-state index contributed by atoms with van der Waals surface area (Å²) in [5.74, 6) is 0.884. The number of benzene rings is 8. The van der Waals surface area contributed by atoms with Gasteiger partial charge in [-0.3, -0.25) is 0 Å². The average Bonchev–Trinajstić information content (AvgIpc) is 3.55. The average molecular weight is 824 g/mol. The molecule has 0 saturated carbocycles. The van der Waals surface area contributed by atoms with Gasteiger partial charge in [-0.1, -0.05) is 120 Å². The van der Waals surface area contributed by atoms with Gasteiger partial charge in [0.1, 0.15) is 11.4 Å². The summed E-state index contributed by atoms with van der Waals surface area (Å²) in [6, 6.07) is 63.6. The lowest BCUT2D eigenvalue weighted by Crippen LogP contribution is -2.53. The summed E-state index contributed by atoms with van der Waals surface area (Å²) >= 11 is 2.29. The first kappa shape index (κ1) is 33.5. The minimum atomic E-state index is -0.502. The number of hydrogen-bond acceptors (Lipinski definition) is 3. The summed E-state index contributed by atoms with van der Waals surface area (Å²) in [5.41, 5.74) is 8.47. The zero-order chi connectivity index (χ0) is 37.1. The Balaban J connectivity index is 1.13. The molecule has 55 heavy (non-hydrogen) atoms. The first-order valence-corrected chi connectivity index (χ1v) is 20.0. The quantitative estimate of drug-likeness (QED) is 0.123. The van der Waals surface area contributed by atoms with Crippen LogP contribution < -0.4 is 14.5 Å². The van der Waals surface area contributed by atoms with Gasteiger partial charge in [0, 0.05) is 39.2 Å². The topological polar surface area (TPSA) is 20.6 Å². The Morgan fingerprint density at radius 3 is 2.11 bits per heavy atom. The molecule has 266 valence electrons. The molecule has 5 heteroatoms. The third-order valence-corrected chi connectivity index (χ3v) is 11.7. The zero-order valence-corrected chi connectivity index (χ0v) is 32.8. The maximum atomic E-state index is 6.63. The van der Waals surface area contributed by atoms with E-state index in [-0.39, 0.29) is 6.04 Å². The predicted octanol–water partition coefficient (Wildman–Crippen LogP) is 14.2. The van der Waals surface area contributed by atoms with E-state index >= 15 is 0 Å². The number of halogens is 1. The Kier molecular flexibility index (Phi) is 8.14. The predicted molar refractivity (Wildman–Crippen MR) is 241 cm³/mol. The number of rotatable bonds is 6. The smallest absolute Gasteiger partial charge is 0.145 e. The molecule has 10 rings (SSSR count). The van der Waals surface area contributed by atoms with Crippen molar-refractivity contribution in [3.05, 3.63) is 186 Å². The van der Waals surface area contributed by atoms with Crippen LogP contribution in [0.5, 0.6) is 5.75 Å². The van der Waals surface area contributed by atoms with Gasteiger partial charge in [-0.2, -0.15) is 0 Å². The van der Waals surface area contributed by atoms with Gasteiger partial charge in [-0.05, 0) is 124 Å². The molecule has 0 saturated heterocycles. The summed E-state index contributed by atoms with van der Waals surface area (Å²) < 4.78 is 11.1. The SMILES string of the molecule is CC1N(c2cccc(-n3c4ccccc4c4cc(N(c5ccccc5)c5ccc6c(ccc7ccccc76)c5)ccc43)c2)c2ccccc2OC1(C)/C=C\I. The summed E-state index contributed by atoms with van der Waals surface area (Å²) in [4.78, 5) is 4.80. The Hall–Kier alpha value is -6.05. The van der Waals surface area contributed by atoms with Crippen LogP contribution in [0.1, 0.15) is 13.8 Å². The van der Waals surface area contributed by atoms with Gasteiger partial charge in [0.25, 0.3) is 0 Å². The Bertz CT molecular complexity index is 2930. The number of nitrogens with zero attached hydrogens (tertiary/aromatic N) is 3. The van der Waals surface area contributed by atoms with E-state index in [0.717, 1.165) is 45.4 Å². The molecule has 4 nitrogen and oxygen atoms in total. The van der Waals surface area contributed by atoms with Gasteiger partial charge >= 0.3 is 0 Å². The van der Waals surface area contributed by atoms with Crippen LogP contribution in [-0.2, 0) is 0 Å². The van der Waals surface area contributed by atoms with Gasteiger partial charge in [-0.25, -0.2) is 0 Å². The van der Waals surface area contributed by atoms with Gasteiger partial charge in [0.15, 0.2) is 0 Å². The second-order valence-electron chi connectivity index (χ2n) is 14.5. The van der Waals surface area contributed by atoms with E-state index in [4.69, 9.17) is 4.74 Å². The fraction of sp³-hybridized carbons (Fsp3) is 0.0800. The maximum Gasteiger partial charge on any atom is 0.145 e. The molecule has 0 fully saturated rings. The summed E-state index contributed by atoms with van der Waals surface area (Å²) in [7, 11) is 0. The van der Waals surface area contributed by atoms with E-state index in [1.807, 2.05) is 6.07 Å². The molecule has 0 radical (unpaired) electrons. The number of hydrogen-bond donors (Lipinski definition) is 0. The van der Waals surface area contributed by atoms with Crippen molar-refractivity contribution in [1.82, 2.24) is 4.57 Å². The van der Waals surface area contributed by atoms with Crippen LogP contribution in [0.2, 0.25) is 0 Å². The van der Waals surface area contributed by atoms with E-state index in [9.17, 15) is 0 Å². The largest absolute Gasteiger partial charge is 0.479 e. The molecule has 9 aromatic rings. The molecule has 8 aromatic carbocycles. The van der Waals surface area contributed by atoms with E-state index in [1.54, 1.807) is 0 Å². The second-order valence-corrected chi connectivity index (χ2v) is 15.2.